The molecule has 1 amide bonds. The molecule has 2 aromatic carbocycles. The number of rotatable bonds is 8. The molecule has 6 nitrogen and oxygen atoms in total. The van der Waals surface area contributed by atoms with E-state index < -0.39 is 0 Å². The van der Waals surface area contributed by atoms with Gasteiger partial charge in [0, 0.05) is 17.2 Å². The largest absolute Gasteiger partial charge is 0.483 e. The van der Waals surface area contributed by atoms with E-state index in [0.717, 1.165) is 33.5 Å². The Labute approximate surface area is 195 Å². The zero-order valence-electron chi connectivity index (χ0n) is 18.4. The summed E-state index contributed by atoms with van der Waals surface area (Å²) in [6.45, 7) is 8.08. The molecule has 0 saturated heterocycles. The number of nitrogens with one attached hydrogen (secondary N) is 1. The third-order valence-electron chi connectivity index (χ3n) is 5.20. The fourth-order valence-electron chi connectivity index (χ4n) is 3.11. The number of thioether (sulfide) groups is 1. The van der Waals surface area contributed by atoms with Crippen molar-refractivity contribution in [2.45, 2.75) is 45.4 Å². The maximum absolute atomic E-state index is 12.5. The van der Waals surface area contributed by atoms with Crippen LogP contribution in [0.3, 0.4) is 0 Å². The fraction of sp³-hybridized carbons (Fsp3) is 0.348. The van der Waals surface area contributed by atoms with Crippen LogP contribution < -0.4 is 10.1 Å². The van der Waals surface area contributed by atoms with Gasteiger partial charge in [-0.05, 0) is 68.1 Å². The van der Waals surface area contributed by atoms with Gasteiger partial charge in [-0.3, -0.25) is 4.79 Å². The van der Waals surface area contributed by atoms with Gasteiger partial charge < -0.3 is 14.6 Å². The lowest BCUT2D eigenvalue weighted by atomic mass is 10.1. The lowest BCUT2D eigenvalue weighted by molar-refractivity contribution is -0.113. The van der Waals surface area contributed by atoms with Gasteiger partial charge in [0.1, 0.15) is 5.75 Å². The van der Waals surface area contributed by atoms with Crippen molar-refractivity contribution in [3.8, 4) is 5.75 Å². The third-order valence-corrected chi connectivity index (χ3v) is 7.08. The van der Waals surface area contributed by atoms with Crippen LogP contribution in [0.1, 0.15) is 42.5 Å². The van der Waals surface area contributed by atoms with Crippen molar-refractivity contribution in [3.63, 3.8) is 0 Å². The summed E-state index contributed by atoms with van der Waals surface area (Å²) < 4.78 is 8.92. The van der Waals surface area contributed by atoms with Crippen molar-refractivity contribution in [3.05, 3.63) is 63.4 Å². The van der Waals surface area contributed by atoms with Crippen LogP contribution in [0.2, 0.25) is 0 Å². The quantitative estimate of drug-likeness (QED) is 0.404. The van der Waals surface area contributed by atoms with E-state index in [9.17, 15) is 4.79 Å². The second-order valence-corrected chi connectivity index (χ2v) is 9.14. The highest BCUT2D eigenvalue weighted by atomic mass is 79.9. The van der Waals surface area contributed by atoms with Gasteiger partial charge in [-0.15, -0.1) is 10.2 Å². The van der Waals surface area contributed by atoms with E-state index in [2.05, 4.69) is 50.5 Å². The maximum atomic E-state index is 12.5. The number of carbonyl (C=O) groups is 1. The lowest BCUT2D eigenvalue weighted by Crippen LogP contribution is -2.16. The Bertz CT molecular complexity index is 1070. The van der Waals surface area contributed by atoms with E-state index in [4.69, 9.17) is 4.74 Å². The molecule has 0 aliphatic rings. The first kappa shape index (κ1) is 23.3. The summed E-state index contributed by atoms with van der Waals surface area (Å²) in [4.78, 5) is 12.5. The number of aryl methyl sites for hydroxylation is 1. The standard InChI is InChI=1S/C23H27BrN4O2S/c1-6-17-7-9-18(10-8-17)30-16(4)22-26-27-23(28(22)5)31-13-21(29)25-20-12-11-19(24)14(2)15(20)3/h7-12,16H,6,13H2,1-5H3,(H,25,29)/t16-/m1/s1. The van der Waals surface area contributed by atoms with Gasteiger partial charge in [0.2, 0.25) is 5.91 Å². The predicted molar refractivity (Wildman–Crippen MR) is 129 cm³/mol. The first-order valence-electron chi connectivity index (χ1n) is 10.1. The second-order valence-electron chi connectivity index (χ2n) is 7.34. The average Bonchev–Trinajstić information content (AvgIpc) is 3.13. The number of amides is 1. The van der Waals surface area contributed by atoms with Gasteiger partial charge >= 0.3 is 0 Å². The van der Waals surface area contributed by atoms with E-state index in [1.165, 1.54) is 17.3 Å². The zero-order chi connectivity index (χ0) is 22.5. The molecule has 1 N–H and O–H groups in total. The smallest absolute Gasteiger partial charge is 0.234 e. The van der Waals surface area contributed by atoms with Crippen LogP contribution in [0.15, 0.2) is 46.0 Å². The van der Waals surface area contributed by atoms with Crippen LogP contribution in [0, 0.1) is 13.8 Å². The van der Waals surface area contributed by atoms with Crippen molar-refractivity contribution >= 4 is 39.3 Å². The second kappa shape index (κ2) is 10.3. The highest BCUT2D eigenvalue weighted by molar-refractivity contribution is 9.10. The Kier molecular flexibility index (Phi) is 7.78. The first-order valence-corrected chi connectivity index (χ1v) is 11.9. The Hall–Kier alpha value is -2.32. The van der Waals surface area contributed by atoms with Gasteiger partial charge in [-0.1, -0.05) is 46.7 Å². The number of ether oxygens (including phenoxy) is 1. The molecule has 1 heterocycles. The number of hydrogen-bond acceptors (Lipinski definition) is 5. The molecule has 0 fully saturated rings. The number of aromatic nitrogens is 3. The number of carbonyl (C=O) groups excluding carboxylic acids is 1. The Morgan fingerprint density at radius 1 is 1.16 bits per heavy atom. The van der Waals surface area contributed by atoms with Crippen LogP contribution in [0.5, 0.6) is 5.75 Å². The first-order chi connectivity index (χ1) is 14.8. The van der Waals surface area contributed by atoms with Crippen molar-refractivity contribution < 1.29 is 9.53 Å². The van der Waals surface area contributed by atoms with Crippen molar-refractivity contribution in [1.82, 2.24) is 14.8 Å². The average molecular weight is 503 g/mol. The van der Waals surface area contributed by atoms with Crippen LogP contribution in [-0.4, -0.2) is 26.4 Å². The van der Waals surface area contributed by atoms with Gasteiger partial charge in [0.15, 0.2) is 17.1 Å². The molecule has 164 valence electrons. The molecule has 0 radical (unpaired) electrons. The summed E-state index contributed by atoms with van der Waals surface area (Å²) in [6.07, 6.45) is 0.732. The zero-order valence-corrected chi connectivity index (χ0v) is 20.8. The molecule has 0 spiro atoms. The predicted octanol–water partition coefficient (Wildman–Crippen LogP) is 5.63. The Morgan fingerprint density at radius 3 is 2.55 bits per heavy atom. The summed E-state index contributed by atoms with van der Waals surface area (Å²) in [7, 11) is 1.89. The molecule has 3 aromatic rings. The molecule has 1 atom stereocenters. The number of nitrogens with zero attached hydrogens (tertiary/aromatic N) is 3. The molecule has 3 rings (SSSR count). The molecular formula is C23H27BrN4O2S. The summed E-state index contributed by atoms with van der Waals surface area (Å²) in [5, 5.41) is 12.2. The van der Waals surface area contributed by atoms with E-state index in [1.807, 2.05) is 56.7 Å². The third kappa shape index (κ3) is 5.68. The van der Waals surface area contributed by atoms with E-state index in [1.54, 1.807) is 0 Å². The Balaban J connectivity index is 1.59. The summed E-state index contributed by atoms with van der Waals surface area (Å²) in [5.74, 6) is 1.66. The minimum atomic E-state index is -0.262. The maximum Gasteiger partial charge on any atom is 0.234 e. The van der Waals surface area contributed by atoms with E-state index in [0.29, 0.717) is 11.0 Å². The summed E-state index contributed by atoms with van der Waals surface area (Å²) >= 11 is 4.86. The van der Waals surface area contributed by atoms with Crippen LogP contribution in [0.25, 0.3) is 0 Å². The van der Waals surface area contributed by atoms with Crippen molar-refractivity contribution in [2.24, 2.45) is 7.05 Å². The molecular weight excluding hydrogens is 476 g/mol. The molecule has 0 bridgehead atoms. The monoisotopic (exact) mass is 502 g/mol. The number of halogens is 1. The van der Waals surface area contributed by atoms with Gasteiger partial charge in [-0.2, -0.15) is 0 Å². The molecule has 0 aliphatic carbocycles. The minimum Gasteiger partial charge on any atom is -0.483 e. The topological polar surface area (TPSA) is 69.0 Å². The van der Waals surface area contributed by atoms with Crippen molar-refractivity contribution in [1.29, 1.82) is 0 Å². The summed E-state index contributed by atoms with van der Waals surface area (Å²) in [5.41, 5.74) is 4.25. The molecule has 0 saturated carbocycles. The number of benzene rings is 2. The van der Waals surface area contributed by atoms with Gasteiger partial charge in [0.25, 0.3) is 0 Å². The molecule has 1 aromatic heterocycles. The van der Waals surface area contributed by atoms with Gasteiger partial charge in [-0.25, -0.2) is 0 Å². The Morgan fingerprint density at radius 2 is 1.87 bits per heavy atom. The van der Waals surface area contributed by atoms with Crippen LogP contribution in [0.4, 0.5) is 5.69 Å². The van der Waals surface area contributed by atoms with Gasteiger partial charge in [0.05, 0.1) is 5.75 Å². The molecule has 0 unspecified atom stereocenters. The fourth-order valence-corrected chi connectivity index (χ4v) is 4.25. The molecule has 8 heteroatoms. The minimum absolute atomic E-state index is 0.0836. The van der Waals surface area contributed by atoms with E-state index >= 15 is 0 Å². The number of anilines is 1. The normalized spacial score (nSPS) is 11.9. The van der Waals surface area contributed by atoms with E-state index in [-0.39, 0.29) is 17.8 Å². The highest BCUT2D eigenvalue weighted by Gasteiger charge is 2.18. The molecule has 31 heavy (non-hydrogen) atoms. The number of hydrogen-bond donors (Lipinski definition) is 1. The summed E-state index contributed by atoms with van der Waals surface area (Å²) in [6, 6.07) is 11.9. The SMILES string of the molecule is CCc1ccc(O[C@H](C)c2nnc(SCC(=O)Nc3ccc(Br)c(C)c3C)n2C)cc1. The van der Waals surface area contributed by atoms with Crippen LogP contribution in [-0.2, 0) is 18.3 Å². The van der Waals surface area contributed by atoms with Crippen molar-refractivity contribution in [2.75, 3.05) is 11.1 Å². The molecule has 0 aliphatic heterocycles. The highest BCUT2D eigenvalue weighted by Crippen LogP contribution is 2.27. The lowest BCUT2D eigenvalue weighted by Gasteiger charge is -2.14. The van der Waals surface area contributed by atoms with Crippen LogP contribution >= 0.6 is 27.7 Å².